The first-order valence-electron chi connectivity index (χ1n) is 10.3. The highest BCUT2D eigenvalue weighted by atomic mass is 127. The second kappa shape index (κ2) is 14.8. The third-order valence-corrected chi connectivity index (χ3v) is 5.24. The Bertz CT molecular complexity index is 408. The van der Waals surface area contributed by atoms with Gasteiger partial charge in [0.25, 0.3) is 0 Å². The molecule has 0 aromatic heterocycles. The van der Waals surface area contributed by atoms with E-state index < -0.39 is 0 Å². The van der Waals surface area contributed by atoms with Gasteiger partial charge < -0.3 is 25.0 Å². The molecule has 0 aromatic carbocycles. The minimum absolute atomic E-state index is 0. The molecule has 160 valence electrons. The summed E-state index contributed by atoms with van der Waals surface area (Å²) < 4.78 is 11.2. The van der Waals surface area contributed by atoms with Crippen LogP contribution in [0.25, 0.3) is 0 Å². The summed E-state index contributed by atoms with van der Waals surface area (Å²) in [6.07, 6.45) is 3.28. The molecule has 0 amide bonds. The van der Waals surface area contributed by atoms with Crippen molar-refractivity contribution in [2.24, 2.45) is 10.9 Å². The average Bonchev–Trinajstić information content (AvgIpc) is 2.65. The maximum absolute atomic E-state index is 5.83. The van der Waals surface area contributed by atoms with Gasteiger partial charge in [-0.1, -0.05) is 0 Å². The lowest BCUT2D eigenvalue weighted by Crippen LogP contribution is -2.51. The van der Waals surface area contributed by atoms with Crippen molar-refractivity contribution < 1.29 is 9.47 Å². The van der Waals surface area contributed by atoms with E-state index in [1.165, 1.54) is 0 Å². The van der Waals surface area contributed by atoms with Gasteiger partial charge in [-0.2, -0.15) is 0 Å². The number of ether oxygens (including phenoxy) is 2. The predicted octanol–water partition coefficient (Wildman–Crippen LogP) is 1.24. The summed E-state index contributed by atoms with van der Waals surface area (Å²) in [5.41, 5.74) is 0. The van der Waals surface area contributed by atoms with E-state index in [4.69, 9.17) is 14.5 Å². The third-order valence-electron chi connectivity index (χ3n) is 5.24. The van der Waals surface area contributed by atoms with E-state index in [1.807, 2.05) is 0 Å². The number of hydrogen-bond donors (Lipinski definition) is 2. The molecule has 0 aliphatic carbocycles. The molecule has 1 unspecified atom stereocenters. The van der Waals surface area contributed by atoms with Crippen LogP contribution >= 0.6 is 24.0 Å². The number of aliphatic imine (C=N–C) groups is 1. The largest absolute Gasteiger partial charge is 0.381 e. The van der Waals surface area contributed by atoms with Gasteiger partial charge in [0, 0.05) is 65.2 Å². The van der Waals surface area contributed by atoms with E-state index in [0.717, 1.165) is 90.9 Å². The molecule has 27 heavy (non-hydrogen) atoms. The molecule has 2 fully saturated rings. The molecule has 8 heteroatoms. The molecular weight excluding hydrogens is 457 g/mol. The topological polar surface area (TPSA) is 61.4 Å². The van der Waals surface area contributed by atoms with Crippen molar-refractivity contribution in [1.82, 2.24) is 20.4 Å². The van der Waals surface area contributed by atoms with E-state index >= 15 is 0 Å². The molecule has 2 N–H and O–H groups in total. The summed E-state index contributed by atoms with van der Waals surface area (Å²) in [6.45, 7) is 11.5. The van der Waals surface area contributed by atoms with E-state index in [9.17, 15) is 0 Å². The van der Waals surface area contributed by atoms with Gasteiger partial charge in [-0.05, 0) is 46.2 Å². The van der Waals surface area contributed by atoms with Crippen molar-refractivity contribution >= 4 is 29.9 Å². The zero-order chi connectivity index (χ0) is 18.6. The minimum atomic E-state index is 0. The van der Waals surface area contributed by atoms with Crippen LogP contribution in [0.4, 0.5) is 0 Å². The van der Waals surface area contributed by atoms with Crippen LogP contribution in [0, 0.1) is 5.92 Å². The Morgan fingerprint density at radius 2 is 1.96 bits per heavy atom. The van der Waals surface area contributed by atoms with Crippen LogP contribution in [0.15, 0.2) is 4.99 Å². The highest BCUT2D eigenvalue weighted by Gasteiger charge is 2.21. The number of rotatable bonds is 9. The molecule has 0 saturated carbocycles. The summed E-state index contributed by atoms with van der Waals surface area (Å²) in [5.74, 6) is 1.60. The van der Waals surface area contributed by atoms with Crippen LogP contribution < -0.4 is 10.6 Å². The number of guanidine groups is 1. The number of likely N-dealkylation sites (N-methyl/N-ethyl adjacent to an activating group) is 2. The predicted molar refractivity (Wildman–Crippen MR) is 122 cm³/mol. The van der Waals surface area contributed by atoms with Crippen molar-refractivity contribution in [3.63, 3.8) is 0 Å². The minimum Gasteiger partial charge on any atom is -0.381 e. The van der Waals surface area contributed by atoms with Crippen LogP contribution in [0.2, 0.25) is 0 Å². The fraction of sp³-hybridized carbons (Fsp3) is 0.947. The first kappa shape index (κ1) is 24.9. The van der Waals surface area contributed by atoms with Crippen molar-refractivity contribution in [2.45, 2.75) is 32.2 Å². The Hall–Kier alpha value is -0.160. The zero-order valence-corrected chi connectivity index (χ0v) is 19.7. The maximum atomic E-state index is 5.83. The fourth-order valence-electron chi connectivity index (χ4n) is 3.38. The lowest BCUT2D eigenvalue weighted by molar-refractivity contribution is 0.0203. The Balaban J connectivity index is 0.00000364. The van der Waals surface area contributed by atoms with Gasteiger partial charge in [0.1, 0.15) is 0 Å². The summed E-state index contributed by atoms with van der Waals surface area (Å²) in [5, 5.41) is 6.77. The van der Waals surface area contributed by atoms with Crippen molar-refractivity contribution in [1.29, 1.82) is 0 Å². The Morgan fingerprint density at radius 3 is 2.70 bits per heavy atom. The highest BCUT2D eigenvalue weighted by Crippen LogP contribution is 2.14. The van der Waals surface area contributed by atoms with Gasteiger partial charge >= 0.3 is 0 Å². The summed E-state index contributed by atoms with van der Waals surface area (Å²) in [6, 6.07) is 0.493. The maximum Gasteiger partial charge on any atom is 0.191 e. The van der Waals surface area contributed by atoms with Gasteiger partial charge in [0.2, 0.25) is 0 Å². The molecule has 0 spiro atoms. The van der Waals surface area contributed by atoms with Gasteiger partial charge in [-0.3, -0.25) is 9.89 Å². The lowest BCUT2D eigenvalue weighted by Gasteiger charge is -2.36. The van der Waals surface area contributed by atoms with Crippen LogP contribution in [0.3, 0.4) is 0 Å². The molecule has 7 nitrogen and oxygen atoms in total. The van der Waals surface area contributed by atoms with Gasteiger partial charge in [0.15, 0.2) is 5.96 Å². The van der Waals surface area contributed by atoms with Crippen molar-refractivity contribution in [3.05, 3.63) is 0 Å². The van der Waals surface area contributed by atoms with Crippen LogP contribution in [0.1, 0.15) is 26.2 Å². The highest BCUT2D eigenvalue weighted by molar-refractivity contribution is 14.0. The first-order valence-corrected chi connectivity index (χ1v) is 10.3. The number of halogens is 1. The van der Waals surface area contributed by atoms with Crippen molar-refractivity contribution in [2.75, 3.05) is 79.8 Å². The van der Waals surface area contributed by atoms with E-state index in [0.29, 0.717) is 12.0 Å². The molecule has 0 aromatic rings. The molecule has 2 saturated heterocycles. The second-order valence-electron chi connectivity index (χ2n) is 7.53. The smallest absolute Gasteiger partial charge is 0.191 e. The number of piperazine rings is 1. The Morgan fingerprint density at radius 1 is 1.19 bits per heavy atom. The molecule has 0 bridgehead atoms. The molecular formula is C19H40IN5O2. The standard InChI is InChI=1S/C19H39N5O2.HI/c1-4-20-19(22-14-18-15-23(2)9-10-24(18)3)21-8-5-11-26-16-17-6-12-25-13-7-17;/h17-18H,4-16H2,1-3H3,(H2,20,21,22);1H. The Labute approximate surface area is 182 Å². The Kier molecular flexibility index (Phi) is 13.6. The second-order valence-corrected chi connectivity index (χ2v) is 7.53. The van der Waals surface area contributed by atoms with E-state index in [-0.39, 0.29) is 24.0 Å². The summed E-state index contributed by atoms with van der Waals surface area (Å²) in [7, 11) is 4.39. The normalized spacial score (nSPS) is 23.1. The average molecular weight is 497 g/mol. The SMILES string of the molecule is CCNC(=NCC1CN(C)CCN1C)NCCCOCC1CCOCC1.I. The number of hydrogen-bond acceptors (Lipinski definition) is 5. The summed E-state index contributed by atoms with van der Waals surface area (Å²) >= 11 is 0. The molecule has 2 aliphatic rings. The molecule has 2 rings (SSSR count). The van der Waals surface area contributed by atoms with Crippen molar-refractivity contribution in [3.8, 4) is 0 Å². The van der Waals surface area contributed by atoms with Gasteiger partial charge in [-0.15, -0.1) is 24.0 Å². The third kappa shape index (κ3) is 10.3. The zero-order valence-electron chi connectivity index (χ0n) is 17.4. The quantitative estimate of drug-likeness (QED) is 0.217. The summed E-state index contributed by atoms with van der Waals surface area (Å²) in [4.78, 5) is 9.58. The van der Waals surface area contributed by atoms with Crippen LogP contribution in [-0.4, -0.2) is 102 Å². The van der Waals surface area contributed by atoms with Crippen LogP contribution in [-0.2, 0) is 9.47 Å². The molecule has 1 atom stereocenters. The molecule has 2 aliphatic heterocycles. The molecule has 2 heterocycles. The van der Waals surface area contributed by atoms with E-state index in [1.54, 1.807) is 0 Å². The first-order chi connectivity index (χ1) is 12.7. The van der Waals surface area contributed by atoms with Gasteiger partial charge in [0.05, 0.1) is 6.54 Å². The number of nitrogens with one attached hydrogen (secondary N) is 2. The monoisotopic (exact) mass is 497 g/mol. The lowest BCUT2D eigenvalue weighted by atomic mass is 10.0. The van der Waals surface area contributed by atoms with E-state index in [2.05, 4.69) is 41.5 Å². The van der Waals surface area contributed by atoms with Crippen LogP contribution in [0.5, 0.6) is 0 Å². The molecule has 0 radical (unpaired) electrons. The number of nitrogens with zero attached hydrogens (tertiary/aromatic N) is 3. The fourth-order valence-corrected chi connectivity index (χ4v) is 3.38. The van der Waals surface area contributed by atoms with Gasteiger partial charge in [-0.25, -0.2) is 0 Å².